The van der Waals surface area contributed by atoms with E-state index < -0.39 is 10.0 Å². The van der Waals surface area contributed by atoms with Crippen molar-refractivity contribution in [3.63, 3.8) is 0 Å². The van der Waals surface area contributed by atoms with Crippen molar-refractivity contribution >= 4 is 33.0 Å². The summed E-state index contributed by atoms with van der Waals surface area (Å²) in [7, 11) is -2.15. The summed E-state index contributed by atoms with van der Waals surface area (Å²) in [6.45, 7) is 7.44. The summed E-state index contributed by atoms with van der Waals surface area (Å²) in [6.07, 6.45) is 1.67. The Kier molecular flexibility index (Phi) is 6.13. The maximum atomic E-state index is 12.5. The molecule has 0 aliphatic heterocycles. The van der Waals surface area contributed by atoms with Gasteiger partial charge in [-0.15, -0.1) is 0 Å². The quantitative estimate of drug-likeness (QED) is 0.721. The monoisotopic (exact) mass is 329 g/mol. The fraction of sp³-hybridized carbons (Fsp3) is 0.400. The van der Waals surface area contributed by atoms with Crippen LogP contribution < -0.4 is 0 Å². The van der Waals surface area contributed by atoms with E-state index in [1.54, 1.807) is 12.1 Å². The predicted molar refractivity (Wildman–Crippen MR) is 85.9 cm³/mol. The number of allylic oxidation sites excluding steroid dienone is 1. The smallest absolute Gasteiger partial charge is 0.244 e. The van der Waals surface area contributed by atoms with Crippen molar-refractivity contribution in [1.29, 1.82) is 0 Å². The van der Waals surface area contributed by atoms with Crippen LogP contribution in [0.4, 0.5) is 0 Å². The third-order valence-electron chi connectivity index (χ3n) is 3.23. The first-order valence-electron chi connectivity index (χ1n) is 6.68. The zero-order valence-corrected chi connectivity index (χ0v) is 14.1. The lowest BCUT2D eigenvalue weighted by Gasteiger charge is -2.18. The number of carbonyl (C=O) groups excluding carboxylic acids is 1. The largest absolute Gasteiger partial charge is 0.295 e. The lowest BCUT2D eigenvalue weighted by Crippen LogP contribution is -2.28. The molecule has 21 heavy (non-hydrogen) atoms. The number of ketones is 1. The lowest BCUT2D eigenvalue weighted by molar-refractivity contribution is -0.111. The van der Waals surface area contributed by atoms with Crippen LogP contribution in [-0.2, 0) is 14.8 Å². The van der Waals surface area contributed by atoms with Gasteiger partial charge in [0.05, 0.1) is 5.02 Å². The zero-order valence-electron chi connectivity index (χ0n) is 12.5. The summed E-state index contributed by atoms with van der Waals surface area (Å²) < 4.78 is 26.3. The maximum absolute atomic E-state index is 12.5. The Morgan fingerprint density at radius 3 is 2.52 bits per heavy atom. The van der Waals surface area contributed by atoms with Crippen LogP contribution in [0.2, 0.25) is 5.02 Å². The standard InChI is InChI=1S/C15H20ClNO3S/c1-5-6-10-17(4)21(19,20)14-9-7-8-13(15(14)16)11(2)12(3)18/h7-9H,2,5-6,10H2,1,3-4H3. The fourth-order valence-corrected chi connectivity index (χ4v) is 3.63. The van der Waals surface area contributed by atoms with Crippen molar-refractivity contribution < 1.29 is 13.2 Å². The van der Waals surface area contributed by atoms with Gasteiger partial charge in [0.15, 0.2) is 5.78 Å². The van der Waals surface area contributed by atoms with E-state index in [1.807, 2.05) is 6.92 Å². The number of hydrogen-bond acceptors (Lipinski definition) is 3. The highest BCUT2D eigenvalue weighted by molar-refractivity contribution is 7.89. The molecule has 0 saturated heterocycles. The molecule has 0 aromatic heterocycles. The van der Waals surface area contributed by atoms with Crippen LogP contribution in [-0.4, -0.2) is 32.1 Å². The Bertz CT molecular complexity index is 653. The Labute approximate surface area is 131 Å². The van der Waals surface area contributed by atoms with Crippen molar-refractivity contribution in [3.05, 3.63) is 35.4 Å². The van der Waals surface area contributed by atoms with Crippen LogP contribution in [0.15, 0.2) is 29.7 Å². The molecule has 1 aromatic rings. The van der Waals surface area contributed by atoms with E-state index in [2.05, 4.69) is 6.58 Å². The Hall–Kier alpha value is -1.17. The molecular formula is C15H20ClNO3S. The molecule has 116 valence electrons. The van der Waals surface area contributed by atoms with E-state index in [0.717, 1.165) is 12.8 Å². The first-order chi connectivity index (χ1) is 9.73. The first-order valence-corrected chi connectivity index (χ1v) is 8.50. The number of Topliss-reactive ketones (excluding diaryl/α,β-unsaturated/α-hetero) is 1. The van der Waals surface area contributed by atoms with Gasteiger partial charge in [-0.2, -0.15) is 0 Å². The number of benzene rings is 1. The van der Waals surface area contributed by atoms with Crippen LogP contribution in [0.3, 0.4) is 0 Å². The molecule has 6 heteroatoms. The first kappa shape index (κ1) is 17.9. The minimum Gasteiger partial charge on any atom is -0.295 e. The van der Waals surface area contributed by atoms with E-state index in [-0.39, 0.29) is 21.3 Å². The van der Waals surface area contributed by atoms with Gasteiger partial charge >= 0.3 is 0 Å². The predicted octanol–water partition coefficient (Wildman–Crippen LogP) is 3.36. The van der Waals surface area contributed by atoms with Crippen molar-refractivity contribution in [2.24, 2.45) is 0 Å². The molecule has 0 spiro atoms. The topological polar surface area (TPSA) is 54.5 Å². The molecule has 0 atom stereocenters. The SMILES string of the molecule is C=C(C(C)=O)c1cccc(S(=O)(=O)N(C)CCCC)c1Cl. The Balaban J connectivity index is 3.29. The molecule has 0 N–H and O–H groups in total. The highest BCUT2D eigenvalue weighted by atomic mass is 35.5. The molecule has 1 rings (SSSR count). The molecule has 0 radical (unpaired) electrons. The Morgan fingerprint density at radius 2 is 2.00 bits per heavy atom. The van der Waals surface area contributed by atoms with Gasteiger partial charge in [0.25, 0.3) is 0 Å². The molecular weight excluding hydrogens is 310 g/mol. The number of nitrogens with zero attached hydrogens (tertiary/aromatic N) is 1. The number of hydrogen-bond donors (Lipinski definition) is 0. The van der Waals surface area contributed by atoms with Gasteiger partial charge in [-0.1, -0.05) is 43.7 Å². The van der Waals surface area contributed by atoms with Gasteiger partial charge in [0.1, 0.15) is 4.90 Å². The molecule has 0 unspecified atom stereocenters. The van der Waals surface area contributed by atoms with Crippen LogP contribution in [0.5, 0.6) is 0 Å². The maximum Gasteiger partial charge on any atom is 0.244 e. The summed E-state index contributed by atoms with van der Waals surface area (Å²) in [5.74, 6) is -0.245. The van der Waals surface area contributed by atoms with Crippen LogP contribution in [0.25, 0.3) is 5.57 Å². The van der Waals surface area contributed by atoms with Gasteiger partial charge < -0.3 is 0 Å². The van der Waals surface area contributed by atoms with Crippen LogP contribution in [0, 0.1) is 0 Å². The highest BCUT2D eigenvalue weighted by Gasteiger charge is 2.25. The van der Waals surface area contributed by atoms with E-state index >= 15 is 0 Å². The second kappa shape index (κ2) is 7.20. The van der Waals surface area contributed by atoms with Gasteiger partial charge in [-0.05, 0) is 19.4 Å². The van der Waals surface area contributed by atoms with Gasteiger partial charge in [0.2, 0.25) is 10.0 Å². The number of halogens is 1. The summed E-state index contributed by atoms with van der Waals surface area (Å²) >= 11 is 6.19. The van der Waals surface area contributed by atoms with Gasteiger partial charge in [-0.3, -0.25) is 4.79 Å². The van der Waals surface area contributed by atoms with Crippen molar-refractivity contribution in [3.8, 4) is 0 Å². The third kappa shape index (κ3) is 3.93. The molecule has 0 heterocycles. The summed E-state index contributed by atoms with van der Waals surface area (Å²) in [5.41, 5.74) is 0.558. The minimum absolute atomic E-state index is 0.00247. The van der Waals surface area contributed by atoms with Crippen molar-refractivity contribution in [2.45, 2.75) is 31.6 Å². The molecule has 0 bridgehead atoms. The van der Waals surface area contributed by atoms with Gasteiger partial charge in [0, 0.05) is 24.7 Å². The highest BCUT2D eigenvalue weighted by Crippen LogP contribution is 2.31. The summed E-state index contributed by atoms with van der Waals surface area (Å²) in [4.78, 5) is 11.4. The molecule has 4 nitrogen and oxygen atoms in total. The van der Waals surface area contributed by atoms with E-state index in [4.69, 9.17) is 11.6 Å². The molecule has 0 saturated carbocycles. The van der Waals surface area contributed by atoms with Crippen molar-refractivity contribution in [2.75, 3.05) is 13.6 Å². The Morgan fingerprint density at radius 1 is 1.38 bits per heavy atom. The number of rotatable bonds is 7. The number of unbranched alkanes of at least 4 members (excludes halogenated alkanes) is 1. The fourth-order valence-electron chi connectivity index (χ4n) is 1.80. The third-order valence-corrected chi connectivity index (χ3v) is 5.65. The average molecular weight is 330 g/mol. The lowest BCUT2D eigenvalue weighted by atomic mass is 10.0. The zero-order chi connectivity index (χ0) is 16.2. The van der Waals surface area contributed by atoms with Crippen LogP contribution >= 0.6 is 11.6 Å². The normalized spacial score (nSPS) is 11.7. The van der Waals surface area contributed by atoms with Gasteiger partial charge in [-0.25, -0.2) is 12.7 Å². The molecule has 0 aliphatic carbocycles. The summed E-state index contributed by atoms with van der Waals surface area (Å²) in [5, 5.41) is 0.0426. The van der Waals surface area contributed by atoms with E-state index in [9.17, 15) is 13.2 Å². The molecule has 0 amide bonds. The second-order valence-corrected chi connectivity index (χ2v) is 7.22. The van der Waals surface area contributed by atoms with Crippen LogP contribution in [0.1, 0.15) is 32.3 Å². The second-order valence-electron chi connectivity index (χ2n) is 4.83. The van der Waals surface area contributed by atoms with E-state index in [0.29, 0.717) is 12.1 Å². The number of sulfonamides is 1. The van der Waals surface area contributed by atoms with E-state index in [1.165, 1.54) is 24.3 Å². The summed E-state index contributed by atoms with van der Waals surface area (Å²) in [6, 6.07) is 4.60. The van der Waals surface area contributed by atoms with Crippen molar-refractivity contribution in [1.82, 2.24) is 4.31 Å². The average Bonchev–Trinajstić information content (AvgIpc) is 2.43. The number of carbonyl (C=O) groups is 1. The molecule has 0 aliphatic rings. The minimum atomic E-state index is -3.67. The molecule has 1 aromatic carbocycles. The molecule has 0 fully saturated rings.